The van der Waals surface area contributed by atoms with E-state index in [9.17, 15) is 4.79 Å². The number of methoxy groups -OCH3 is 1. The zero-order valence-electron chi connectivity index (χ0n) is 22.5. The van der Waals surface area contributed by atoms with Gasteiger partial charge in [-0.1, -0.05) is 17.7 Å². The lowest BCUT2D eigenvalue weighted by molar-refractivity contribution is -0.117. The number of fused-ring (bicyclic) bond motifs is 1. The number of anilines is 2. The van der Waals surface area contributed by atoms with Crippen molar-refractivity contribution in [2.45, 2.75) is 25.2 Å². The zero-order chi connectivity index (χ0) is 26.6. The van der Waals surface area contributed by atoms with Gasteiger partial charge in [-0.05, 0) is 68.6 Å². The van der Waals surface area contributed by atoms with Gasteiger partial charge in [0.05, 0.1) is 17.8 Å². The smallest absolute Gasteiger partial charge is 0.209 e. The first-order chi connectivity index (χ1) is 18.4. The third-order valence-electron chi connectivity index (χ3n) is 7.58. The number of hydrogen-bond donors (Lipinski definition) is 2. The van der Waals surface area contributed by atoms with Crippen molar-refractivity contribution in [3.05, 3.63) is 52.8 Å². The largest absolute Gasteiger partial charge is 0.495 e. The molecule has 38 heavy (non-hydrogen) atoms. The number of nitrogens with zero attached hydrogens (tertiary/aromatic N) is 4. The van der Waals surface area contributed by atoms with Crippen molar-refractivity contribution in [2.75, 3.05) is 65.8 Å². The summed E-state index contributed by atoms with van der Waals surface area (Å²) in [5, 5.41) is 5.26. The number of aromatic nitrogens is 2. The van der Waals surface area contributed by atoms with Crippen LogP contribution in [0.25, 0.3) is 16.6 Å². The average Bonchev–Trinajstić information content (AvgIpc) is 3.69. The number of halogens is 1. The van der Waals surface area contributed by atoms with Gasteiger partial charge in [0.1, 0.15) is 11.4 Å². The molecular formula is C29H37ClN6O2. The third-order valence-corrected chi connectivity index (χ3v) is 7.98. The van der Waals surface area contributed by atoms with Gasteiger partial charge in [0, 0.05) is 68.3 Å². The Morgan fingerprint density at radius 3 is 2.45 bits per heavy atom. The highest BCUT2D eigenvalue weighted by molar-refractivity contribution is 6.33. The molecule has 3 aromatic rings. The number of piperazine rings is 1. The number of pyridine rings is 1. The molecule has 2 aliphatic heterocycles. The van der Waals surface area contributed by atoms with Gasteiger partial charge in [-0.2, -0.15) is 0 Å². The van der Waals surface area contributed by atoms with E-state index in [1.165, 1.54) is 44.6 Å². The number of carbonyl (C=O) groups is 1. The SMILES string of the molecule is CN1CCN(C)CC1.COc1cc(Nc2ccnc3[nH]c(C4=CCN(C=O)CC4)cc23)cc(C2CC2)c1Cl. The average molecular weight is 537 g/mol. The van der Waals surface area contributed by atoms with Gasteiger partial charge in [-0.3, -0.25) is 4.79 Å². The van der Waals surface area contributed by atoms with E-state index in [2.05, 4.69) is 57.4 Å². The number of hydrogen-bond acceptors (Lipinski definition) is 6. The number of amides is 1. The van der Waals surface area contributed by atoms with Crippen molar-refractivity contribution in [1.29, 1.82) is 0 Å². The van der Waals surface area contributed by atoms with Crippen LogP contribution in [0.4, 0.5) is 11.4 Å². The molecule has 2 N–H and O–H groups in total. The molecule has 2 fully saturated rings. The molecule has 2 aromatic heterocycles. The number of rotatable bonds is 6. The lowest BCUT2D eigenvalue weighted by Crippen LogP contribution is -2.42. The van der Waals surface area contributed by atoms with Crippen molar-refractivity contribution >= 4 is 46.0 Å². The summed E-state index contributed by atoms with van der Waals surface area (Å²) < 4.78 is 5.50. The van der Waals surface area contributed by atoms with Gasteiger partial charge < -0.3 is 29.7 Å². The monoisotopic (exact) mass is 536 g/mol. The van der Waals surface area contributed by atoms with Gasteiger partial charge in [0.2, 0.25) is 6.41 Å². The molecule has 0 atom stereocenters. The molecule has 1 amide bonds. The second kappa shape index (κ2) is 11.8. The molecule has 9 heteroatoms. The minimum absolute atomic E-state index is 0.522. The first kappa shape index (κ1) is 26.5. The Bertz CT molecular complexity index is 1300. The topological polar surface area (TPSA) is 76.7 Å². The molecule has 0 bridgehead atoms. The maximum Gasteiger partial charge on any atom is 0.209 e. The summed E-state index contributed by atoms with van der Waals surface area (Å²) in [6.45, 7) is 6.30. The molecule has 0 radical (unpaired) electrons. The molecule has 3 aliphatic rings. The highest BCUT2D eigenvalue weighted by Gasteiger charge is 2.28. The molecule has 1 aliphatic carbocycles. The van der Waals surface area contributed by atoms with Crippen molar-refractivity contribution < 1.29 is 9.53 Å². The molecule has 8 nitrogen and oxygen atoms in total. The maximum absolute atomic E-state index is 11.0. The first-order valence-corrected chi connectivity index (χ1v) is 13.7. The summed E-state index contributed by atoms with van der Waals surface area (Å²) in [6.07, 6.45) is 7.96. The van der Waals surface area contributed by atoms with Crippen LogP contribution in [0, 0.1) is 0 Å². The van der Waals surface area contributed by atoms with E-state index >= 15 is 0 Å². The van der Waals surface area contributed by atoms with E-state index in [1.54, 1.807) is 18.2 Å². The fraction of sp³-hybridized carbons (Fsp3) is 0.448. The van der Waals surface area contributed by atoms with E-state index < -0.39 is 0 Å². The third kappa shape index (κ3) is 6.14. The number of benzene rings is 1. The molecule has 6 rings (SSSR count). The summed E-state index contributed by atoms with van der Waals surface area (Å²) in [4.78, 5) is 25.4. The van der Waals surface area contributed by atoms with E-state index in [1.807, 2.05) is 12.1 Å². The number of carbonyl (C=O) groups excluding carboxylic acids is 1. The van der Waals surface area contributed by atoms with Gasteiger partial charge in [-0.25, -0.2) is 4.98 Å². The van der Waals surface area contributed by atoms with Crippen LogP contribution in [0.1, 0.15) is 36.4 Å². The Labute approximate surface area is 229 Å². The normalized spacial score (nSPS) is 18.5. The van der Waals surface area contributed by atoms with E-state index in [4.69, 9.17) is 16.3 Å². The molecule has 0 spiro atoms. The highest BCUT2D eigenvalue weighted by atomic mass is 35.5. The maximum atomic E-state index is 11.0. The van der Waals surface area contributed by atoms with Crippen molar-refractivity contribution in [3.63, 3.8) is 0 Å². The van der Waals surface area contributed by atoms with E-state index in [0.717, 1.165) is 53.0 Å². The van der Waals surface area contributed by atoms with Crippen LogP contribution in [0.15, 0.2) is 36.5 Å². The van der Waals surface area contributed by atoms with E-state index in [-0.39, 0.29) is 0 Å². The second-order valence-electron chi connectivity index (χ2n) is 10.5. The summed E-state index contributed by atoms with van der Waals surface area (Å²) in [7, 11) is 5.99. The Morgan fingerprint density at radius 2 is 1.84 bits per heavy atom. The predicted octanol–water partition coefficient (Wildman–Crippen LogP) is 4.96. The second-order valence-corrected chi connectivity index (χ2v) is 10.8. The van der Waals surface area contributed by atoms with Crippen molar-refractivity contribution in [1.82, 2.24) is 24.7 Å². The molecule has 1 aromatic carbocycles. The summed E-state index contributed by atoms with van der Waals surface area (Å²) >= 11 is 6.52. The number of ether oxygens (including phenoxy) is 1. The van der Waals surface area contributed by atoms with Gasteiger partial charge in [-0.15, -0.1) is 0 Å². The molecule has 0 unspecified atom stereocenters. The van der Waals surface area contributed by atoms with Crippen LogP contribution in [0.2, 0.25) is 5.02 Å². The molecule has 202 valence electrons. The van der Waals surface area contributed by atoms with Crippen LogP contribution in [-0.2, 0) is 4.79 Å². The summed E-state index contributed by atoms with van der Waals surface area (Å²) in [6, 6.07) is 8.16. The number of nitrogens with one attached hydrogen (secondary N) is 2. The fourth-order valence-corrected chi connectivity index (χ4v) is 5.27. The number of likely N-dealkylation sites (N-methyl/N-ethyl adjacent to an activating group) is 2. The lowest BCUT2D eigenvalue weighted by atomic mass is 10.1. The molecule has 1 saturated carbocycles. The first-order valence-electron chi connectivity index (χ1n) is 13.3. The Kier molecular flexibility index (Phi) is 8.21. The lowest BCUT2D eigenvalue weighted by Gasteiger charge is -2.28. The van der Waals surface area contributed by atoms with Crippen molar-refractivity contribution in [3.8, 4) is 5.75 Å². The van der Waals surface area contributed by atoms with Crippen LogP contribution < -0.4 is 10.1 Å². The highest BCUT2D eigenvalue weighted by Crippen LogP contribution is 2.47. The Hall–Kier alpha value is -3.07. The molecular weight excluding hydrogens is 500 g/mol. The molecule has 4 heterocycles. The van der Waals surface area contributed by atoms with Gasteiger partial charge >= 0.3 is 0 Å². The standard InChI is InChI=1S/C23H23ClN4O2.C6H14N2/c1-30-21-11-16(10-17(22(21)24)14-2-3-14)26-19-4-7-25-23-18(19)12-20(27-23)15-5-8-28(13-29)9-6-15;1-7-3-5-8(2)6-4-7/h4-5,7,10-14H,2-3,6,8-9H2,1H3,(H2,25,26,27);3-6H2,1-2H3. The minimum atomic E-state index is 0.522. The van der Waals surface area contributed by atoms with Crippen LogP contribution in [0.5, 0.6) is 5.75 Å². The summed E-state index contributed by atoms with van der Waals surface area (Å²) in [5.74, 6) is 1.21. The van der Waals surface area contributed by atoms with Gasteiger partial charge in [0.15, 0.2) is 0 Å². The Balaban J connectivity index is 0.000000316. The van der Waals surface area contributed by atoms with Crippen LogP contribution in [0.3, 0.4) is 0 Å². The zero-order valence-corrected chi connectivity index (χ0v) is 23.2. The summed E-state index contributed by atoms with van der Waals surface area (Å²) in [5.41, 5.74) is 6.15. The van der Waals surface area contributed by atoms with Crippen LogP contribution in [-0.4, -0.2) is 91.6 Å². The van der Waals surface area contributed by atoms with Crippen molar-refractivity contribution in [2.24, 2.45) is 0 Å². The molecule has 1 saturated heterocycles. The minimum Gasteiger partial charge on any atom is -0.495 e. The number of H-pyrrole nitrogens is 1. The fourth-order valence-electron chi connectivity index (χ4n) is 4.93. The van der Waals surface area contributed by atoms with Crippen LogP contribution >= 0.6 is 11.6 Å². The Morgan fingerprint density at radius 1 is 1.11 bits per heavy atom. The van der Waals surface area contributed by atoms with Gasteiger partial charge in [0.25, 0.3) is 0 Å². The quantitative estimate of drug-likeness (QED) is 0.434. The van der Waals surface area contributed by atoms with E-state index in [0.29, 0.717) is 23.2 Å². The number of aromatic amines is 1. The predicted molar refractivity (Wildman–Crippen MR) is 155 cm³/mol.